The molecule has 35 heavy (non-hydrogen) atoms. The molecule has 1 aromatic heterocycles. The summed E-state index contributed by atoms with van der Waals surface area (Å²) in [7, 11) is 0. The van der Waals surface area contributed by atoms with Gasteiger partial charge in [-0.05, 0) is 85.8 Å². The minimum atomic E-state index is -0.553. The summed E-state index contributed by atoms with van der Waals surface area (Å²) in [6, 6.07) is 18.2. The van der Waals surface area contributed by atoms with Gasteiger partial charge < -0.3 is 11.5 Å². The van der Waals surface area contributed by atoms with Gasteiger partial charge in [0.15, 0.2) is 0 Å². The highest BCUT2D eigenvalue weighted by Crippen LogP contribution is 2.37. The van der Waals surface area contributed by atoms with Gasteiger partial charge in [-0.15, -0.1) is 11.8 Å². The van der Waals surface area contributed by atoms with Crippen LogP contribution in [0.5, 0.6) is 0 Å². The van der Waals surface area contributed by atoms with Gasteiger partial charge in [0.1, 0.15) is 10.9 Å². The number of thioether (sulfide) groups is 1. The Balaban J connectivity index is 0.00000108. The quantitative estimate of drug-likeness (QED) is 0.189. The number of allylic oxidation sites excluding steroid dienone is 1. The molecule has 0 saturated carbocycles. The highest BCUT2D eigenvalue weighted by atomic mass is 35.5. The van der Waals surface area contributed by atoms with Crippen molar-refractivity contribution in [3.05, 3.63) is 95.9 Å². The zero-order chi connectivity index (χ0) is 25.4. The van der Waals surface area contributed by atoms with Crippen molar-refractivity contribution < 1.29 is 4.79 Å². The van der Waals surface area contributed by atoms with Gasteiger partial charge >= 0.3 is 0 Å². The summed E-state index contributed by atoms with van der Waals surface area (Å²) in [6.45, 7) is 4.77. The van der Waals surface area contributed by atoms with Crippen molar-refractivity contribution in [1.82, 2.24) is 4.98 Å². The van der Waals surface area contributed by atoms with Gasteiger partial charge in [-0.3, -0.25) is 4.79 Å². The van der Waals surface area contributed by atoms with Gasteiger partial charge in [-0.2, -0.15) is 5.10 Å². The van der Waals surface area contributed by atoms with Crippen LogP contribution in [0.15, 0.2) is 89.6 Å². The number of rotatable bonds is 6. The molecule has 1 heterocycles. The number of nitrogens with two attached hydrogens (primary N) is 2. The summed E-state index contributed by atoms with van der Waals surface area (Å²) in [4.78, 5) is 17.2. The lowest BCUT2D eigenvalue weighted by atomic mass is 9.91. The normalized spacial score (nSPS) is 12.5. The third-order valence-electron chi connectivity index (χ3n) is 5.36. The predicted octanol–water partition coefficient (Wildman–Crippen LogP) is 5.87. The second-order valence-corrected chi connectivity index (χ2v) is 8.87. The number of carbonyl (C=O) groups excluding carboxylic acids is 1. The Bertz CT molecular complexity index is 1270. The third kappa shape index (κ3) is 6.32. The molecule has 8 heteroatoms. The van der Waals surface area contributed by atoms with Gasteiger partial charge in [0, 0.05) is 22.2 Å². The van der Waals surface area contributed by atoms with E-state index >= 15 is 0 Å². The SMILES string of the molecule is C=CN.CSc1ccc(N(/N=C(\C)C(N)=O)C2=CCCc3ccc(-c4cccnc4Cl)cc32)cc1. The molecule has 4 N–H and O–H groups in total. The second-order valence-electron chi connectivity index (χ2n) is 7.64. The molecule has 0 saturated heterocycles. The van der Waals surface area contributed by atoms with Crippen molar-refractivity contribution in [2.75, 3.05) is 11.3 Å². The molecule has 0 unspecified atom stereocenters. The smallest absolute Gasteiger partial charge is 0.264 e. The molecule has 0 atom stereocenters. The maximum Gasteiger partial charge on any atom is 0.264 e. The molecule has 2 aromatic carbocycles. The number of nitrogens with zero attached hydrogens (tertiary/aromatic N) is 3. The van der Waals surface area contributed by atoms with Crippen molar-refractivity contribution in [1.29, 1.82) is 0 Å². The van der Waals surface area contributed by atoms with Crippen LogP contribution in [0.4, 0.5) is 5.69 Å². The molecule has 0 aliphatic heterocycles. The molecule has 1 aliphatic rings. The molecule has 0 spiro atoms. The second kappa shape index (κ2) is 12.2. The van der Waals surface area contributed by atoms with Crippen molar-refractivity contribution in [3.63, 3.8) is 0 Å². The number of hydrazone groups is 1. The zero-order valence-electron chi connectivity index (χ0n) is 19.7. The molecule has 3 aromatic rings. The molecule has 6 nitrogen and oxygen atoms in total. The first-order chi connectivity index (χ1) is 16.9. The number of hydrogen-bond donors (Lipinski definition) is 2. The molecule has 4 rings (SSSR count). The van der Waals surface area contributed by atoms with Gasteiger partial charge in [0.25, 0.3) is 5.91 Å². The summed E-state index contributed by atoms with van der Waals surface area (Å²) in [5.74, 6) is -0.553. The Labute approximate surface area is 215 Å². The fourth-order valence-electron chi connectivity index (χ4n) is 3.65. The van der Waals surface area contributed by atoms with E-state index in [4.69, 9.17) is 17.3 Å². The average molecular weight is 506 g/mol. The number of pyridine rings is 1. The summed E-state index contributed by atoms with van der Waals surface area (Å²) in [5, 5.41) is 6.87. The Morgan fingerprint density at radius 3 is 2.54 bits per heavy atom. The van der Waals surface area contributed by atoms with Gasteiger partial charge in [-0.1, -0.05) is 36.4 Å². The van der Waals surface area contributed by atoms with Crippen LogP contribution in [0.2, 0.25) is 5.15 Å². The number of hydrogen-bond acceptors (Lipinski definition) is 6. The van der Waals surface area contributed by atoms with E-state index in [0.717, 1.165) is 45.8 Å². The summed E-state index contributed by atoms with van der Waals surface area (Å²) in [6.07, 6.45) is 8.92. The Hall–Kier alpha value is -3.55. The number of amides is 1. The Morgan fingerprint density at radius 2 is 1.91 bits per heavy atom. The minimum absolute atomic E-state index is 0.235. The van der Waals surface area contributed by atoms with E-state index in [-0.39, 0.29) is 5.71 Å². The van der Waals surface area contributed by atoms with E-state index < -0.39 is 5.91 Å². The molecule has 0 fully saturated rings. The standard InChI is InChI=1S/C25H23ClN4OS.C2H5N/c1-16(25(27)31)29-30(19-10-12-20(32-2)13-11-19)23-7-3-5-17-8-9-18(15-22(17)23)21-6-4-14-28-24(21)26;1-2-3/h4,6-15H,3,5H2,1-2H3,(H2,27,31);2H,1,3H2/b29-16+;. The van der Waals surface area contributed by atoms with Gasteiger partial charge in [-0.25, -0.2) is 9.99 Å². The minimum Gasteiger partial charge on any atom is -0.405 e. The fourth-order valence-corrected chi connectivity index (χ4v) is 4.29. The van der Waals surface area contributed by atoms with Crippen LogP contribution in [-0.4, -0.2) is 22.9 Å². The van der Waals surface area contributed by atoms with Gasteiger partial charge in [0.05, 0.1) is 11.4 Å². The van der Waals surface area contributed by atoms with E-state index in [0.29, 0.717) is 5.15 Å². The maximum absolute atomic E-state index is 11.8. The van der Waals surface area contributed by atoms with Crippen molar-refractivity contribution in [3.8, 4) is 11.1 Å². The number of carbonyl (C=O) groups is 1. The number of aromatic nitrogens is 1. The lowest BCUT2D eigenvalue weighted by Gasteiger charge is -2.28. The Morgan fingerprint density at radius 1 is 1.20 bits per heavy atom. The van der Waals surface area contributed by atoms with Crippen LogP contribution >= 0.6 is 23.4 Å². The number of benzene rings is 2. The molecule has 180 valence electrons. The van der Waals surface area contributed by atoms with Crippen LogP contribution < -0.4 is 16.5 Å². The number of primary amides is 1. The van der Waals surface area contributed by atoms with Crippen LogP contribution in [0.25, 0.3) is 16.8 Å². The predicted molar refractivity (Wildman–Crippen MR) is 148 cm³/mol. The van der Waals surface area contributed by atoms with Crippen LogP contribution in [-0.2, 0) is 11.2 Å². The van der Waals surface area contributed by atoms with E-state index in [1.54, 1.807) is 29.9 Å². The van der Waals surface area contributed by atoms with E-state index in [1.807, 2.05) is 42.7 Å². The first-order valence-electron chi connectivity index (χ1n) is 11.0. The van der Waals surface area contributed by atoms with Crippen LogP contribution in [0, 0.1) is 0 Å². The van der Waals surface area contributed by atoms with Crippen LogP contribution in [0.1, 0.15) is 24.5 Å². The maximum atomic E-state index is 11.8. The van der Waals surface area contributed by atoms with Gasteiger partial charge in [0.2, 0.25) is 0 Å². The molecular weight excluding hydrogens is 478 g/mol. The highest BCUT2D eigenvalue weighted by Gasteiger charge is 2.22. The lowest BCUT2D eigenvalue weighted by molar-refractivity contribution is -0.112. The monoisotopic (exact) mass is 505 g/mol. The first-order valence-corrected chi connectivity index (χ1v) is 12.6. The number of fused-ring (bicyclic) bond motifs is 1. The molecule has 1 amide bonds. The largest absolute Gasteiger partial charge is 0.405 e. The molecular formula is C27H28ClN5OS. The number of halogens is 1. The third-order valence-corrected chi connectivity index (χ3v) is 6.40. The molecule has 1 aliphatic carbocycles. The number of aryl methyl sites for hydroxylation is 1. The summed E-state index contributed by atoms with van der Waals surface area (Å²) in [5.41, 5.74) is 16.2. The topological polar surface area (TPSA) is 97.6 Å². The van der Waals surface area contributed by atoms with Crippen LogP contribution in [0.3, 0.4) is 0 Å². The first kappa shape index (κ1) is 26.1. The van der Waals surface area contributed by atoms with E-state index in [2.05, 4.69) is 46.7 Å². The zero-order valence-corrected chi connectivity index (χ0v) is 21.3. The van der Waals surface area contributed by atoms with Crippen molar-refractivity contribution in [2.45, 2.75) is 24.7 Å². The number of anilines is 1. The fraction of sp³-hybridized carbons (Fsp3) is 0.148. The highest BCUT2D eigenvalue weighted by molar-refractivity contribution is 7.98. The summed E-state index contributed by atoms with van der Waals surface area (Å²) < 4.78 is 0. The van der Waals surface area contributed by atoms with E-state index in [9.17, 15) is 4.79 Å². The molecule has 0 bridgehead atoms. The lowest BCUT2D eigenvalue weighted by Crippen LogP contribution is -2.26. The summed E-state index contributed by atoms with van der Waals surface area (Å²) >= 11 is 8.03. The molecule has 0 radical (unpaired) electrons. The Kier molecular flexibility index (Phi) is 9.11. The van der Waals surface area contributed by atoms with Crippen molar-refractivity contribution in [2.24, 2.45) is 16.6 Å². The van der Waals surface area contributed by atoms with E-state index in [1.165, 1.54) is 11.8 Å². The van der Waals surface area contributed by atoms with Crippen molar-refractivity contribution >= 4 is 46.4 Å². The average Bonchev–Trinajstić information content (AvgIpc) is 2.87.